The molecule has 37 heavy (non-hydrogen) atoms. The number of fused-ring (bicyclic) bond motifs is 2. The third kappa shape index (κ3) is 4.11. The lowest BCUT2D eigenvalue weighted by molar-refractivity contribution is -0.118. The van der Waals surface area contributed by atoms with E-state index in [1.165, 1.54) is 23.5 Å². The molecule has 3 aromatic carbocycles. The van der Waals surface area contributed by atoms with Crippen molar-refractivity contribution in [2.75, 3.05) is 23.4 Å². The lowest BCUT2D eigenvalue weighted by atomic mass is 10.1. The molecule has 0 saturated heterocycles. The quantitative estimate of drug-likeness (QED) is 0.435. The van der Waals surface area contributed by atoms with Gasteiger partial charge in [-0.2, -0.15) is 5.10 Å². The van der Waals surface area contributed by atoms with E-state index < -0.39 is 0 Å². The van der Waals surface area contributed by atoms with Gasteiger partial charge in [-0.3, -0.25) is 9.59 Å². The summed E-state index contributed by atoms with van der Waals surface area (Å²) in [6.45, 7) is 2.39. The zero-order valence-electron chi connectivity index (χ0n) is 19.6. The van der Waals surface area contributed by atoms with Crippen LogP contribution in [0.3, 0.4) is 0 Å². The van der Waals surface area contributed by atoms with Crippen molar-refractivity contribution in [3.8, 4) is 17.0 Å². The first-order chi connectivity index (χ1) is 18.0. The number of para-hydroxylation sites is 1. The van der Waals surface area contributed by atoms with Crippen LogP contribution in [0.25, 0.3) is 11.3 Å². The van der Waals surface area contributed by atoms with Gasteiger partial charge in [0.2, 0.25) is 4.80 Å². The average Bonchev–Trinajstić information content (AvgIpc) is 3.42. The van der Waals surface area contributed by atoms with Crippen LogP contribution in [0.5, 0.6) is 5.75 Å². The van der Waals surface area contributed by atoms with Crippen molar-refractivity contribution in [2.45, 2.75) is 6.92 Å². The van der Waals surface area contributed by atoms with E-state index >= 15 is 0 Å². The van der Waals surface area contributed by atoms with E-state index in [0.717, 1.165) is 16.8 Å². The Kier molecular flexibility index (Phi) is 5.65. The molecule has 10 heteroatoms. The summed E-state index contributed by atoms with van der Waals surface area (Å²) in [5.74, 6) is -0.216. The molecule has 0 radical (unpaired) electrons. The van der Waals surface area contributed by atoms with Gasteiger partial charge in [0.05, 0.1) is 22.8 Å². The van der Waals surface area contributed by atoms with Gasteiger partial charge >= 0.3 is 0 Å². The Balaban J connectivity index is 1.55. The van der Waals surface area contributed by atoms with E-state index in [1.807, 2.05) is 42.6 Å². The molecule has 0 fully saturated rings. The summed E-state index contributed by atoms with van der Waals surface area (Å²) in [4.78, 5) is 32.1. The maximum absolute atomic E-state index is 13.5. The first-order valence-corrected chi connectivity index (χ1v) is 12.5. The van der Waals surface area contributed by atoms with Crippen LogP contribution in [0.15, 0.2) is 82.2 Å². The number of nitrogens with one attached hydrogen (secondary N) is 1. The largest absolute Gasteiger partial charge is 0.482 e. The van der Waals surface area contributed by atoms with Crippen LogP contribution in [-0.2, 0) is 9.59 Å². The Morgan fingerprint density at radius 1 is 1.08 bits per heavy atom. The molecule has 6 rings (SSSR count). The minimum Gasteiger partial charge on any atom is -0.482 e. The molecule has 4 aromatic rings. The summed E-state index contributed by atoms with van der Waals surface area (Å²) >= 11 is 1.33. The van der Waals surface area contributed by atoms with Gasteiger partial charge in [-0.15, -0.1) is 11.3 Å². The van der Waals surface area contributed by atoms with Gasteiger partial charge in [0.25, 0.3) is 11.8 Å². The fourth-order valence-electron chi connectivity index (χ4n) is 4.31. The van der Waals surface area contributed by atoms with E-state index in [1.54, 1.807) is 33.8 Å². The molecule has 0 aliphatic carbocycles. The average molecular weight is 514 g/mol. The molecule has 0 spiro atoms. The van der Waals surface area contributed by atoms with Crippen molar-refractivity contribution in [1.29, 1.82) is 0 Å². The SMILES string of the molecule is CCN1C(=O)C(=Nn2c(-c3ccc4c(c3)NC(=O)CO4)csc2=Nc2ccc(F)cc2)c2ccccc21. The van der Waals surface area contributed by atoms with Crippen LogP contribution in [0.4, 0.5) is 21.5 Å². The number of rotatable bonds is 4. The standard InChI is InChI=1S/C27H20FN5O3S/c1-2-32-21-6-4-3-5-19(21)25(26(32)35)31-33-22(15-37-27(33)29-18-10-8-17(28)9-11-18)16-7-12-23-20(13-16)30-24(34)14-36-23/h3-13,15H,2,14H2,1H3,(H,30,34). The highest BCUT2D eigenvalue weighted by Gasteiger charge is 2.33. The molecule has 8 nitrogen and oxygen atoms in total. The maximum atomic E-state index is 13.5. The zero-order valence-corrected chi connectivity index (χ0v) is 20.5. The van der Waals surface area contributed by atoms with Crippen molar-refractivity contribution in [3.63, 3.8) is 0 Å². The van der Waals surface area contributed by atoms with Crippen LogP contribution in [0.2, 0.25) is 0 Å². The van der Waals surface area contributed by atoms with Gasteiger partial charge in [-0.05, 0) is 55.5 Å². The second-order valence-electron chi connectivity index (χ2n) is 8.37. The second kappa shape index (κ2) is 9.14. The molecule has 1 aromatic heterocycles. The normalized spacial score (nSPS) is 16.0. The van der Waals surface area contributed by atoms with Gasteiger partial charge in [-0.25, -0.2) is 14.1 Å². The van der Waals surface area contributed by atoms with Crippen LogP contribution in [0.1, 0.15) is 12.5 Å². The van der Waals surface area contributed by atoms with E-state index in [4.69, 9.17) is 9.84 Å². The third-order valence-electron chi connectivity index (χ3n) is 6.06. The molecule has 3 heterocycles. The predicted octanol–water partition coefficient (Wildman–Crippen LogP) is 4.54. The summed E-state index contributed by atoms with van der Waals surface area (Å²) in [6, 6.07) is 18.8. The topological polar surface area (TPSA) is 88.3 Å². The molecular weight excluding hydrogens is 493 g/mol. The summed E-state index contributed by atoms with van der Waals surface area (Å²) < 4.78 is 20.6. The summed E-state index contributed by atoms with van der Waals surface area (Å²) in [7, 11) is 0. The minimum atomic E-state index is -0.356. The van der Waals surface area contributed by atoms with Crippen LogP contribution in [0, 0.1) is 5.82 Å². The van der Waals surface area contributed by atoms with Gasteiger partial charge < -0.3 is 15.0 Å². The Hall–Kier alpha value is -4.57. The first kappa shape index (κ1) is 22.9. The Bertz CT molecular complexity index is 1660. The number of hydrogen-bond acceptors (Lipinski definition) is 6. The number of thiazole rings is 1. The number of anilines is 2. The van der Waals surface area contributed by atoms with Gasteiger partial charge in [-0.1, -0.05) is 18.2 Å². The monoisotopic (exact) mass is 513 g/mol. The number of aromatic nitrogens is 1. The molecule has 2 amide bonds. The molecule has 0 atom stereocenters. The maximum Gasteiger partial charge on any atom is 0.279 e. The fourth-order valence-corrected chi connectivity index (χ4v) is 5.16. The number of nitrogens with zero attached hydrogens (tertiary/aromatic N) is 4. The highest BCUT2D eigenvalue weighted by Crippen LogP contribution is 2.34. The summed E-state index contributed by atoms with van der Waals surface area (Å²) in [5.41, 5.74) is 4.35. The molecular formula is C27H20FN5O3S. The predicted molar refractivity (Wildman–Crippen MR) is 140 cm³/mol. The molecule has 2 aliphatic rings. The molecule has 2 aliphatic heterocycles. The molecule has 0 unspecified atom stereocenters. The highest BCUT2D eigenvalue weighted by atomic mass is 32.1. The first-order valence-electron chi connectivity index (χ1n) is 11.6. The van der Waals surface area contributed by atoms with Gasteiger partial charge in [0.1, 0.15) is 11.6 Å². The van der Waals surface area contributed by atoms with Crippen LogP contribution < -0.4 is 19.8 Å². The zero-order chi connectivity index (χ0) is 25.5. The van der Waals surface area contributed by atoms with E-state index in [0.29, 0.717) is 39.9 Å². The number of hydrogen-bond donors (Lipinski definition) is 1. The Morgan fingerprint density at radius 2 is 1.89 bits per heavy atom. The van der Waals surface area contributed by atoms with Crippen molar-refractivity contribution in [3.05, 3.63) is 88.3 Å². The number of halogens is 1. The van der Waals surface area contributed by atoms with Gasteiger partial charge in [0, 0.05) is 23.1 Å². The van der Waals surface area contributed by atoms with Crippen molar-refractivity contribution < 1.29 is 18.7 Å². The molecule has 1 N–H and O–H groups in total. The number of carbonyl (C=O) groups is 2. The van der Waals surface area contributed by atoms with E-state index in [2.05, 4.69) is 10.3 Å². The number of amides is 2. The summed E-state index contributed by atoms with van der Waals surface area (Å²) in [6.07, 6.45) is 0. The van der Waals surface area contributed by atoms with Crippen LogP contribution >= 0.6 is 11.3 Å². The number of benzene rings is 3. The number of likely N-dealkylation sites (N-methyl/N-ethyl adjacent to an activating group) is 1. The smallest absolute Gasteiger partial charge is 0.279 e. The molecule has 0 saturated carbocycles. The highest BCUT2D eigenvalue weighted by molar-refractivity contribution is 7.07. The van der Waals surface area contributed by atoms with Gasteiger partial charge in [0.15, 0.2) is 12.3 Å². The second-order valence-corrected chi connectivity index (χ2v) is 9.20. The third-order valence-corrected chi connectivity index (χ3v) is 6.87. The number of carbonyl (C=O) groups excluding carboxylic acids is 2. The van der Waals surface area contributed by atoms with E-state index in [-0.39, 0.29) is 24.2 Å². The van der Waals surface area contributed by atoms with E-state index in [9.17, 15) is 14.0 Å². The minimum absolute atomic E-state index is 0.0331. The lowest BCUT2D eigenvalue weighted by Gasteiger charge is -2.18. The Morgan fingerprint density at radius 3 is 2.70 bits per heavy atom. The molecule has 184 valence electrons. The van der Waals surface area contributed by atoms with Crippen molar-refractivity contribution >= 4 is 45.9 Å². The van der Waals surface area contributed by atoms with Crippen molar-refractivity contribution in [2.24, 2.45) is 10.1 Å². The number of ether oxygens (including phenoxy) is 1. The molecule has 0 bridgehead atoms. The van der Waals surface area contributed by atoms with Crippen LogP contribution in [-0.4, -0.2) is 35.4 Å². The Labute approximate surface area is 215 Å². The fraction of sp³-hybridized carbons (Fsp3) is 0.111. The summed E-state index contributed by atoms with van der Waals surface area (Å²) in [5, 5.41) is 9.52. The van der Waals surface area contributed by atoms with Crippen molar-refractivity contribution in [1.82, 2.24) is 4.68 Å². The lowest BCUT2D eigenvalue weighted by Crippen LogP contribution is -2.30.